The molecule has 1 aromatic carbocycles. The van der Waals surface area contributed by atoms with Crippen molar-refractivity contribution in [2.24, 2.45) is 11.8 Å². The maximum absolute atomic E-state index is 13.0. The minimum absolute atomic E-state index is 0.113. The highest BCUT2D eigenvalue weighted by Gasteiger charge is 2.30. The number of aromatic nitrogens is 1. The van der Waals surface area contributed by atoms with Crippen molar-refractivity contribution in [2.75, 3.05) is 6.61 Å². The van der Waals surface area contributed by atoms with E-state index in [1.807, 2.05) is 19.9 Å². The van der Waals surface area contributed by atoms with Crippen LogP contribution >= 0.6 is 0 Å². The van der Waals surface area contributed by atoms with E-state index in [-0.39, 0.29) is 23.8 Å². The molecule has 4 rings (SSSR count). The molecule has 1 saturated carbocycles. The summed E-state index contributed by atoms with van der Waals surface area (Å²) >= 11 is 0. The van der Waals surface area contributed by atoms with Gasteiger partial charge in [0.25, 0.3) is 0 Å². The Labute approximate surface area is 191 Å². The third-order valence-electron chi connectivity index (χ3n) is 7.41. The van der Waals surface area contributed by atoms with Crippen LogP contribution in [0.3, 0.4) is 0 Å². The van der Waals surface area contributed by atoms with Crippen molar-refractivity contribution >= 4 is 11.9 Å². The van der Waals surface area contributed by atoms with Crippen molar-refractivity contribution in [1.29, 1.82) is 0 Å². The average Bonchev–Trinajstić information content (AvgIpc) is 3.08. The van der Waals surface area contributed by atoms with E-state index in [4.69, 9.17) is 4.74 Å². The molecule has 0 bridgehead atoms. The van der Waals surface area contributed by atoms with Crippen LogP contribution < -0.4 is 5.32 Å². The third kappa shape index (κ3) is 4.77. The Kier molecular flexibility index (Phi) is 7.02. The summed E-state index contributed by atoms with van der Waals surface area (Å²) < 4.78 is 7.44. The number of nitrogens with zero attached hydrogens (tertiary/aromatic N) is 1. The largest absolute Gasteiger partial charge is 0.462 e. The van der Waals surface area contributed by atoms with Crippen molar-refractivity contribution < 1.29 is 14.3 Å². The fourth-order valence-electron chi connectivity index (χ4n) is 5.56. The molecule has 5 heteroatoms. The van der Waals surface area contributed by atoms with Gasteiger partial charge < -0.3 is 14.6 Å². The minimum atomic E-state index is -0.239. The lowest BCUT2D eigenvalue weighted by Crippen LogP contribution is -2.37. The third-order valence-corrected chi connectivity index (χ3v) is 7.41. The van der Waals surface area contributed by atoms with Gasteiger partial charge in [0.1, 0.15) is 0 Å². The van der Waals surface area contributed by atoms with Gasteiger partial charge in [-0.2, -0.15) is 0 Å². The number of fused-ring (bicyclic) bond motifs is 1. The van der Waals surface area contributed by atoms with Crippen LogP contribution in [0.4, 0.5) is 0 Å². The number of nitrogens with one attached hydrogen (secondary N) is 1. The van der Waals surface area contributed by atoms with Crippen molar-refractivity contribution in [3.63, 3.8) is 0 Å². The molecule has 0 radical (unpaired) electrons. The fraction of sp³-hybridized carbons (Fsp3) is 0.556. The van der Waals surface area contributed by atoms with Gasteiger partial charge in [-0.15, -0.1) is 0 Å². The van der Waals surface area contributed by atoms with Gasteiger partial charge in [0.2, 0.25) is 5.91 Å². The quantitative estimate of drug-likeness (QED) is 0.627. The van der Waals surface area contributed by atoms with Crippen LogP contribution in [0.15, 0.2) is 30.3 Å². The van der Waals surface area contributed by atoms with Crippen LogP contribution in [0, 0.1) is 25.7 Å². The number of rotatable bonds is 6. The average molecular weight is 437 g/mol. The molecule has 2 aliphatic rings. The highest BCUT2D eigenvalue weighted by molar-refractivity contribution is 5.91. The van der Waals surface area contributed by atoms with Crippen LogP contribution in [0.5, 0.6) is 0 Å². The second kappa shape index (κ2) is 9.93. The first-order chi connectivity index (χ1) is 15.5. The summed E-state index contributed by atoms with van der Waals surface area (Å²) in [5, 5.41) is 3.36. The summed E-state index contributed by atoms with van der Waals surface area (Å²) in [5.41, 5.74) is 5.44. The number of ether oxygens (including phenoxy) is 1. The Morgan fingerprint density at radius 2 is 1.84 bits per heavy atom. The van der Waals surface area contributed by atoms with E-state index in [0.29, 0.717) is 18.1 Å². The molecule has 0 saturated heterocycles. The molecule has 1 aromatic heterocycles. The zero-order chi connectivity index (χ0) is 22.7. The van der Waals surface area contributed by atoms with Crippen LogP contribution in [0.25, 0.3) is 0 Å². The molecule has 5 nitrogen and oxygen atoms in total. The van der Waals surface area contributed by atoms with E-state index >= 15 is 0 Å². The van der Waals surface area contributed by atoms with Crippen molar-refractivity contribution in [3.05, 3.63) is 58.4 Å². The number of carbonyl (C=O) groups excluding carboxylic acids is 2. The first kappa shape index (κ1) is 22.6. The number of aryl methyl sites for hydroxylation is 2. The first-order valence-corrected chi connectivity index (χ1v) is 12.2. The van der Waals surface area contributed by atoms with Gasteiger partial charge in [0.05, 0.1) is 18.2 Å². The van der Waals surface area contributed by atoms with Gasteiger partial charge in [0.15, 0.2) is 0 Å². The molecule has 1 fully saturated rings. The topological polar surface area (TPSA) is 60.3 Å². The zero-order valence-corrected chi connectivity index (χ0v) is 19.7. The number of hydrogen-bond acceptors (Lipinski definition) is 3. The monoisotopic (exact) mass is 436 g/mol. The van der Waals surface area contributed by atoms with Gasteiger partial charge in [-0.3, -0.25) is 4.79 Å². The molecule has 0 unspecified atom stereocenters. The minimum Gasteiger partial charge on any atom is -0.462 e. The van der Waals surface area contributed by atoms with Crippen LogP contribution in [-0.2, 0) is 22.5 Å². The van der Waals surface area contributed by atoms with E-state index < -0.39 is 0 Å². The lowest BCUT2D eigenvalue weighted by molar-refractivity contribution is -0.127. The highest BCUT2D eigenvalue weighted by atomic mass is 16.5. The molecule has 32 heavy (non-hydrogen) atoms. The Balaban J connectivity index is 1.32. The van der Waals surface area contributed by atoms with Gasteiger partial charge in [-0.05, 0) is 88.8 Å². The molecule has 2 aliphatic carbocycles. The van der Waals surface area contributed by atoms with Gasteiger partial charge in [-0.1, -0.05) is 24.3 Å². The standard InChI is InChI=1S/C27H36N2O3/c1-4-32-27(31)24-16-18(2)29(19(24)3)17-20-12-14-22(15-13-20)26(30)28-25-11-7-9-21-8-5-6-10-23(21)25/h5-6,8,10,16,20,22,25H,4,7,9,11-15,17H2,1-3H3,(H,28,30)/t20?,22?,25-/m0/s1. The second-order valence-corrected chi connectivity index (χ2v) is 9.49. The van der Waals surface area contributed by atoms with Crippen molar-refractivity contribution in [2.45, 2.75) is 78.3 Å². The van der Waals surface area contributed by atoms with E-state index in [1.54, 1.807) is 0 Å². The second-order valence-electron chi connectivity index (χ2n) is 9.49. The van der Waals surface area contributed by atoms with Crippen LogP contribution in [0.2, 0.25) is 0 Å². The van der Waals surface area contributed by atoms with Crippen LogP contribution in [0.1, 0.15) is 84.4 Å². The predicted octanol–water partition coefficient (Wildman–Crippen LogP) is 5.28. The normalized spacial score (nSPS) is 22.8. The number of amides is 1. The van der Waals surface area contributed by atoms with Gasteiger partial charge >= 0.3 is 5.97 Å². The number of esters is 1. The number of carbonyl (C=O) groups is 2. The number of hydrogen-bond donors (Lipinski definition) is 1. The maximum Gasteiger partial charge on any atom is 0.339 e. The molecule has 1 heterocycles. The Morgan fingerprint density at radius 1 is 1.09 bits per heavy atom. The van der Waals surface area contributed by atoms with E-state index in [2.05, 4.69) is 41.1 Å². The molecule has 0 spiro atoms. The maximum atomic E-state index is 13.0. The summed E-state index contributed by atoms with van der Waals surface area (Å²) in [6.45, 7) is 7.18. The fourth-order valence-corrected chi connectivity index (χ4v) is 5.56. The SMILES string of the molecule is CCOC(=O)c1cc(C)n(CC2CCC(C(=O)N[C@H]3CCCc4ccccc43)CC2)c1C. The summed E-state index contributed by atoms with van der Waals surface area (Å²) in [6, 6.07) is 10.6. The Morgan fingerprint density at radius 3 is 2.59 bits per heavy atom. The molecule has 1 N–H and O–H groups in total. The lowest BCUT2D eigenvalue weighted by atomic mass is 9.80. The Bertz CT molecular complexity index is 969. The van der Waals surface area contributed by atoms with Gasteiger partial charge in [0, 0.05) is 23.9 Å². The summed E-state index contributed by atoms with van der Waals surface area (Å²) in [4.78, 5) is 25.2. The summed E-state index contributed by atoms with van der Waals surface area (Å²) in [6.07, 6.45) is 7.26. The molecule has 1 amide bonds. The van der Waals surface area contributed by atoms with E-state index in [0.717, 1.165) is 62.9 Å². The molecule has 0 aliphatic heterocycles. The van der Waals surface area contributed by atoms with E-state index in [9.17, 15) is 9.59 Å². The highest BCUT2D eigenvalue weighted by Crippen LogP contribution is 2.34. The first-order valence-electron chi connectivity index (χ1n) is 12.2. The molecule has 172 valence electrons. The van der Waals surface area contributed by atoms with E-state index in [1.165, 1.54) is 11.1 Å². The Hall–Kier alpha value is -2.56. The molecule has 1 atom stereocenters. The number of benzene rings is 1. The smallest absolute Gasteiger partial charge is 0.339 e. The summed E-state index contributed by atoms with van der Waals surface area (Å²) in [7, 11) is 0. The zero-order valence-electron chi connectivity index (χ0n) is 19.7. The molecular formula is C27H36N2O3. The predicted molar refractivity (Wildman–Crippen MR) is 126 cm³/mol. The summed E-state index contributed by atoms with van der Waals surface area (Å²) in [5.74, 6) is 0.635. The molecule has 2 aromatic rings. The van der Waals surface area contributed by atoms with Crippen molar-refractivity contribution in [3.8, 4) is 0 Å². The van der Waals surface area contributed by atoms with Crippen LogP contribution in [-0.4, -0.2) is 23.1 Å². The lowest BCUT2D eigenvalue weighted by Gasteiger charge is -2.32. The van der Waals surface area contributed by atoms with Gasteiger partial charge in [-0.25, -0.2) is 4.79 Å². The van der Waals surface area contributed by atoms with Crippen molar-refractivity contribution in [1.82, 2.24) is 9.88 Å². The molecular weight excluding hydrogens is 400 g/mol.